The summed E-state index contributed by atoms with van der Waals surface area (Å²) in [5.41, 5.74) is 2.21. The van der Waals surface area contributed by atoms with E-state index in [1.165, 1.54) is 19.4 Å². The third kappa shape index (κ3) is 6.06. The molecular formula is C30H34N8O4S. The zero-order valence-corrected chi connectivity index (χ0v) is 25.3. The van der Waals surface area contributed by atoms with Crippen LogP contribution in [0.4, 0.5) is 5.82 Å². The number of rotatable bonds is 11. The van der Waals surface area contributed by atoms with E-state index in [0.717, 1.165) is 24.8 Å². The molecular weight excluding hydrogens is 568 g/mol. The summed E-state index contributed by atoms with van der Waals surface area (Å²) in [5, 5.41) is 13.0. The molecule has 0 spiro atoms. The second kappa shape index (κ2) is 12.4. The van der Waals surface area contributed by atoms with Gasteiger partial charge in [-0.3, -0.25) is 14.3 Å². The van der Waals surface area contributed by atoms with E-state index in [4.69, 9.17) is 9.72 Å². The molecule has 2 saturated carbocycles. The lowest BCUT2D eigenvalue weighted by atomic mass is 10.0. The van der Waals surface area contributed by atoms with Crippen LogP contribution in [0.15, 0.2) is 57.2 Å². The monoisotopic (exact) mass is 602 g/mol. The molecule has 3 heterocycles. The van der Waals surface area contributed by atoms with Crippen LogP contribution in [-0.4, -0.2) is 52.0 Å². The van der Waals surface area contributed by atoms with E-state index in [-0.39, 0.29) is 34.8 Å². The van der Waals surface area contributed by atoms with Gasteiger partial charge in [0.05, 0.1) is 59.8 Å². The number of fused-ring (bicyclic) bond motifs is 1. The first-order chi connectivity index (χ1) is 20.7. The number of allylic oxidation sites excluding steroid dienone is 2. The summed E-state index contributed by atoms with van der Waals surface area (Å²) < 4.78 is 31.4. The van der Waals surface area contributed by atoms with Crippen molar-refractivity contribution in [1.82, 2.24) is 24.5 Å². The van der Waals surface area contributed by atoms with Gasteiger partial charge in [-0.05, 0) is 62.7 Å². The standard InChI is InChI=1S/C30H34N8O4S/c1-5-32-29(42-4)25(18(3)19-10-11-19)26-35-17-23-28(37-26)38(24-9-7-8-20(24)14-31)30(39)27(36-23)34-15-21-12-13-22(16-33-21)43(40,41)6-2/h5,12-13,16-17,19-20,24H,3,6-11,15H2,1-2,4H3,(H,34,36)/b29-25-,32-5-. The Labute approximate surface area is 250 Å². The van der Waals surface area contributed by atoms with Crippen LogP contribution in [0.5, 0.6) is 0 Å². The van der Waals surface area contributed by atoms with Gasteiger partial charge in [-0.1, -0.05) is 13.5 Å². The van der Waals surface area contributed by atoms with Gasteiger partial charge in [0.1, 0.15) is 5.52 Å². The van der Waals surface area contributed by atoms with Crippen molar-refractivity contribution >= 4 is 38.6 Å². The van der Waals surface area contributed by atoms with Crippen molar-refractivity contribution in [2.45, 2.75) is 63.4 Å². The molecule has 2 aliphatic rings. The van der Waals surface area contributed by atoms with Crippen molar-refractivity contribution in [2.75, 3.05) is 18.2 Å². The SMILES string of the molecule is C=C(/C(=C(\N=C/C)OC)c1ncc2nc(NCc3ccc(S(=O)(=O)CC)cn3)c(=O)n(C3CCCC3C#N)c2n1)C1CC1. The average Bonchev–Trinajstić information content (AvgIpc) is 3.77. The number of sulfone groups is 1. The molecule has 0 saturated heterocycles. The second-order valence-electron chi connectivity index (χ2n) is 10.6. The van der Waals surface area contributed by atoms with Crippen LogP contribution in [0.2, 0.25) is 0 Å². The summed E-state index contributed by atoms with van der Waals surface area (Å²) >= 11 is 0. The van der Waals surface area contributed by atoms with Crippen LogP contribution in [0.3, 0.4) is 0 Å². The maximum absolute atomic E-state index is 14.0. The van der Waals surface area contributed by atoms with Gasteiger partial charge in [-0.2, -0.15) is 5.26 Å². The lowest BCUT2D eigenvalue weighted by Gasteiger charge is -2.21. The van der Waals surface area contributed by atoms with E-state index < -0.39 is 21.4 Å². The van der Waals surface area contributed by atoms with Crippen molar-refractivity contribution in [2.24, 2.45) is 16.8 Å². The Morgan fingerprint density at radius 3 is 2.65 bits per heavy atom. The lowest BCUT2D eigenvalue weighted by Crippen LogP contribution is -2.31. The summed E-state index contributed by atoms with van der Waals surface area (Å²) in [6, 6.07) is 5.07. The lowest BCUT2D eigenvalue weighted by molar-refractivity contribution is 0.291. The third-order valence-electron chi connectivity index (χ3n) is 7.85. The fraction of sp³-hybridized carbons (Fsp3) is 0.433. The summed E-state index contributed by atoms with van der Waals surface area (Å²) in [7, 11) is -1.85. The number of hydrogen-bond acceptors (Lipinski definition) is 11. The molecule has 1 N–H and O–H groups in total. The number of hydrogen-bond donors (Lipinski definition) is 1. The fourth-order valence-corrected chi connectivity index (χ4v) is 6.16. The highest BCUT2D eigenvalue weighted by atomic mass is 32.2. The highest BCUT2D eigenvalue weighted by molar-refractivity contribution is 7.91. The molecule has 5 rings (SSSR count). The molecule has 2 fully saturated rings. The Morgan fingerprint density at radius 1 is 1.23 bits per heavy atom. The molecule has 43 heavy (non-hydrogen) atoms. The van der Waals surface area contributed by atoms with Crippen LogP contribution in [-0.2, 0) is 21.1 Å². The molecule has 2 atom stereocenters. The summed E-state index contributed by atoms with van der Waals surface area (Å²) in [6.45, 7) is 7.78. The first kappa shape index (κ1) is 30.0. The normalized spacial score (nSPS) is 19.3. The molecule has 0 aliphatic heterocycles. The third-order valence-corrected chi connectivity index (χ3v) is 9.57. The zero-order chi connectivity index (χ0) is 30.7. The first-order valence-electron chi connectivity index (χ1n) is 14.3. The minimum atomic E-state index is -3.38. The van der Waals surface area contributed by atoms with E-state index in [0.29, 0.717) is 47.0 Å². The summed E-state index contributed by atoms with van der Waals surface area (Å²) in [6.07, 6.45) is 8.62. The van der Waals surface area contributed by atoms with Gasteiger partial charge in [0, 0.05) is 12.4 Å². The highest BCUT2D eigenvalue weighted by Gasteiger charge is 2.34. The molecule has 12 nitrogen and oxygen atoms in total. The minimum Gasteiger partial charge on any atom is -0.480 e. The Balaban J connectivity index is 1.60. The van der Waals surface area contributed by atoms with Crippen molar-refractivity contribution < 1.29 is 13.2 Å². The average molecular weight is 603 g/mol. The number of aliphatic imine (C=N–C) groups is 1. The van der Waals surface area contributed by atoms with Gasteiger partial charge in [0.25, 0.3) is 5.56 Å². The van der Waals surface area contributed by atoms with Crippen molar-refractivity contribution in [3.8, 4) is 6.07 Å². The number of nitrogens with one attached hydrogen (secondary N) is 1. The molecule has 3 aromatic rings. The second-order valence-corrected chi connectivity index (χ2v) is 12.9. The Bertz CT molecular complexity index is 1820. The largest absolute Gasteiger partial charge is 0.480 e. The van der Waals surface area contributed by atoms with Gasteiger partial charge in [0.15, 0.2) is 27.1 Å². The topological polar surface area (TPSA) is 165 Å². The Kier molecular flexibility index (Phi) is 8.68. The fourth-order valence-electron chi connectivity index (χ4n) is 5.33. The maximum Gasteiger partial charge on any atom is 0.295 e. The van der Waals surface area contributed by atoms with Gasteiger partial charge in [-0.25, -0.2) is 28.4 Å². The van der Waals surface area contributed by atoms with Crippen LogP contribution < -0.4 is 10.9 Å². The Morgan fingerprint density at radius 2 is 2.02 bits per heavy atom. The molecule has 2 aliphatic carbocycles. The predicted octanol–water partition coefficient (Wildman–Crippen LogP) is 4.22. The van der Waals surface area contributed by atoms with Crippen molar-refractivity contribution in [1.29, 1.82) is 5.26 Å². The number of anilines is 1. The molecule has 0 bridgehead atoms. The van der Waals surface area contributed by atoms with Crippen LogP contribution in [0.1, 0.15) is 63.5 Å². The highest BCUT2D eigenvalue weighted by Crippen LogP contribution is 2.43. The smallest absolute Gasteiger partial charge is 0.295 e. The summed E-state index contributed by atoms with van der Waals surface area (Å²) in [4.78, 5) is 36.8. The van der Waals surface area contributed by atoms with E-state index in [1.54, 1.807) is 36.9 Å². The number of pyridine rings is 1. The quantitative estimate of drug-likeness (QED) is 0.191. The molecule has 13 heteroatoms. The minimum absolute atomic E-state index is 0.0218. The number of nitriles is 1. The number of aromatic nitrogens is 5. The zero-order valence-electron chi connectivity index (χ0n) is 24.4. The maximum atomic E-state index is 14.0. The molecule has 0 amide bonds. The molecule has 3 aromatic heterocycles. The van der Waals surface area contributed by atoms with E-state index in [1.807, 2.05) is 0 Å². The van der Waals surface area contributed by atoms with E-state index >= 15 is 0 Å². The number of nitrogens with zero attached hydrogens (tertiary/aromatic N) is 7. The van der Waals surface area contributed by atoms with Crippen LogP contribution in [0, 0.1) is 23.2 Å². The van der Waals surface area contributed by atoms with Crippen LogP contribution >= 0.6 is 0 Å². The molecule has 0 aromatic carbocycles. The Hall–Kier alpha value is -4.44. The predicted molar refractivity (Wildman–Crippen MR) is 163 cm³/mol. The van der Waals surface area contributed by atoms with Crippen molar-refractivity contribution in [3.63, 3.8) is 0 Å². The van der Waals surface area contributed by atoms with Gasteiger partial charge in [0.2, 0.25) is 5.88 Å². The van der Waals surface area contributed by atoms with Gasteiger partial charge < -0.3 is 10.1 Å². The van der Waals surface area contributed by atoms with E-state index in [9.17, 15) is 18.5 Å². The molecule has 224 valence electrons. The van der Waals surface area contributed by atoms with Crippen LogP contribution in [0.25, 0.3) is 16.7 Å². The van der Waals surface area contributed by atoms with Crippen molar-refractivity contribution in [3.05, 3.63) is 64.4 Å². The van der Waals surface area contributed by atoms with E-state index in [2.05, 4.69) is 37.9 Å². The number of methoxy groups -OCH3 is 1. The summed E-state index contributed by atoms with van der Waals surface area (Å²) in [5.74, 6) is 0.610. The first-order valence-corrected chi connectivity index (χ1v) is 15.9. The molecule has 2 unspecified atom stereocenters. The van der Waals surface area contributed by atoms with Gasteiger partial charge in [-0.15, -0.1) is 0 Å². The van der Waals surface area contributed by atoms with Gasteiger partial charge >= 0.3 is 0 Å². The number of ether oxygens (including phenoxy) is 1. The molecule has 0 radical (unpaired) electrons.